The smallest absolute Gasteiger partial charge is 0.407 e. The van der Waals surface area contributed by atoms with Gasteiger partial charge in [0.2, 0.25) is 0 Å². The van der Waals surface area contributed by atoms with E-state index in [2.05, 4.69) is 10.1 Å². The SMILES string of the molecule is COC(=O)CCCN(C)CC1CNC(=O)O1. The molecule has 1 rings (SSSR count). The van der Waals surface area contributed by atoms with Gasteiger partial charge in [-0.05, 0) is 20.0 Å². The third kappa shape index (κ3) is 4.48. The lowest BCUT2D eigenvalue weighted by Gasteiger charge is -2.18. The molecule has 0 radical (unpaired) electrons. The van der Waals surface area contributed by atoms with E-state index in [0.717, 1.165) is 13.0 Å². The molecule has 6 nitrogen and oxygen atoms in total. The molecule has 1 fully saturated rings. The number of nitrogens with zero attached hydrogens (tertiary/aromatic N) is 1. The van der Waals surface area contributed by atoms with Crippen LogP contribution in [0.5, 0.6) is 0 Å². The molecule has 1 aliphatic heterocycles. The molecule has 0 spiro atoms. The summed E-state index contributed by atoms with van der Waals surface area (Å²) in [5.74, 6) is -0.192. The minimum absolute atomic E-state index is 0.0874. The van der Waals surface area contributed by atoms with Gasteiger partial charge in [-0.3, -0.25) is 4.79 Å². The Hall–Kier alpha value is -1.30. The van der Waals surface area contributed by atoms with Gasteiger partial charge < -0.3 is 19.7 Å². The van der Waals surface area contributed by atoms with Gasteiger partial charge in [-0.25, -0.2) is 4.79 Å². The van der Waals surface area contributed by atoms with Crippen molar-refractivity contribution < 1.29 is 19.1 Å². The van der Waals surface area contributed by atoms with Crippen LogP contribution in [0.3, 0.4) is 0 Å². The van der Waals surface area contributed by atoms with Crippen LogP contribution in [0, 0.1) is 0 Å². The Kier molecular flexibility index (Phi) is 5.04. The van der Waals surface area contributed by atoms with Crippen molar-refractivity contribution in [2.75, 3.05) is 33.8 Å². The molecular weight excluding hydrogens is 212 g/mol. The van der Waals surface area contributed by atoms with Crippen molar-refractivity contribution in [3.05, 3.63) is 0 Å². The van der Waals surface area contributed by atoms with Gasteiger partial charge in [-0.2, -0.15) is 0 Å². The summed E-state index contributed by atoms with van der Waals surface area (Å²) in [6.07, 6.45) is 0.726. The third-order valence-corrected chi connectivity index (χ3v) is 2.41. The fourth-order valence-corrected chi connectivity index (χ4v) is 1.57. The van der Waals surface area contributed by atoms with Crippen molar-refractivity contribution >= 4 is 12.1 Å². The van der Waals surface area contributed by atoms with Crippen molar-refractivity contribution in [2.45, 2.75) is 18.9 Å². The standard InChI is InChI=1S/C10H18N2O4/c1-12(5-3-4-9(13)15-2)7-8-6-11-10(14)16-8/h8H,3-7H2,1-2H3,(H,11,14). The number of ether oxygens (including phenoxy) is 2. The van der Waals surface area contributed by atoms with E-state index in [1.165, 1.54) is 7.11 Å². The second kappa shape index (κ2) is 6.32. The lowest BCUT2D eigenvalue weighted by atomic mass is 10.2. The van der Waals surface area contributed by atoms with Crippen molar-refractivity contribution in [1.82, 2.24) is 10.2 Å². The Labute approximate surface area is 94.9 Å². The second-order valence-corrected chi connectivity index (χ2v) is 3.85. The minimum atomic E-state index is -0.354. The Morgan fingerprint density at radius 3 is 3.00 bits per heavy atom. The molecule has 16 heavy (non-hydrogen) atoms. The van der Waals surface area contributed by atoms with E-state index in [1.54, 1.807) is 0 Å². The average molecular weight is 230 g/mol. The zero-order valence-electron chi connectivity index (χ0n) is 9.69. The second-order valence-electron chi connectivity index (χ2n) is 3.85. The lowest BCUT2D eigenvalue weighted by molar-refractivity contribution is -0.140. The van der Waals surface area contributed by atoms with E-state index in [-0.39, 0.29) is 18.2 Å². The van der Waals surface area contributed by atoms with Crippen molar-refractivity contribution in [1.29, 1.82) is 0 Å². The highest BCUT2D eigenvalue weighted by Crippen LogP contribution is 2.03. The van der Waals surface area contributed by atoms with E-state index in [9.17, 15) is 9.59 Å². The number of cyclic esters (lactones) is 1. The largest absolute Gasteiger partial charge is 0.469 e. The summed E-state index contributed by atoms with van der Waals surface area (Å²) in [6, 6.07) is 0. The topological polar surface area (TPSA) is 67.9 Å². The highest BCUT2D eigenvalue weighted by Gasteiger charge is 2.23. The quantitative estimate of drug-likeness (QED) is 0.649. The number of rotatable bonds is 6. The first-order valence-corrected chi connectivity index (χ1v) is 5.31. The molecule has 1 aliphatic rings. The number of hydrogen-bond donors (Lipinski definition) is 1. The van der Waals surface area contributed by atoms with Gasteiger partial charge in [-0.1, -0.05) is 0 Å². The fraction of sp³-hybridized carbons (Fsp3) is 0.800. The number of nitrogens with one attached hydrogen (secondary N) is 1. The van der Waals surface area contributed by atoms with Crippen LogP contribution < -0.4 is 5.32 Å². The predicted octanol–water partition coefficient (Wildman–Crippen LogP) is -0.0202. The molecule has 1 atom stereocenters. The number of alkyl carbamates (subject to hydrolysis) is 1. The number of methoxy groups -OCH3 is 1. The molecule has 0 aromatic rings. The molecule has 92 valence electrons. The zero-order valence-corrected chi connectivity index (χ0v) is 9.69. The first-order chi connectivity index (χ1) is 7.61. The number of esters is 1. The maximum Gasteiger partial charge on any atom is 0.407 e. The Morgan fingerprint density at radius 1 is 1.69 bits per heavy atom. The van der Waals surface area contributed by atoms with Crippen molar-refractivity contribution in [3.8, 4) is 0 Å². The highest BCUT2D eigenvalue weighted by molar-refractivity contribution is 5.69. The maximum absolute atomic E-state index is 10.9. The van der Waals surface area contributed by atoms with Crippen LogP contribution >= 0.6 is 0 Å². The van der Waals surface area contributed by atoms with Gasteiger partial charge in [0.25, 0.3) is 0 Å². The lowest BCUT2D eigenvalue weighted by Crippen LogP contribution is -2.32. The molecule has 0 aromatic heterocycles. The van der Waals surface area contributed by atoms with E-state index in [4.69, 9.17) is 4.74 Å². The van der Waals surface area contributed by atoms with Crippen LogP contribution in [0.25, 0.3) is 0 Å². The summed E-state index contributed by atoms with van der Waals surface area (Å²) in [5.41, 5.74) is 0. The van der Waals surface area contributed by atoms with Gasteiger partial charge in [0.15, 0.2) is 0 Å². The van der Waals surface area contributed by atoms with Crippen LogP contribution in [-0.4, -0.2) is 56.9 Å². The summed E-state index contributed by atoms with van der Waals surface area (Å²) >= 11 is 0. The molecule has 1 saturated heterocycles. The van der Waals surface area contributed by atoms with Crippen molar-refractivity contribution in [2.24, 2.45) is 0 Å². The van der Waals surface area contributed by atoms with Crippen LogP contribution in [0.1, 0.15) is 12.8 Å². The molecule has 0 bridgehead atoms. The van der Waals surface area contributed by atoms with E-state index in [1.807, 2.05) is 11.9 Å². The van der Waals surface area contributed by atoms with Gasteiger partial charge in [0.05, 0.1) is 13.7 Å². The van der Waals surface area contributed by atoms with Crippen LogP contribution in [0.4, 0.5) is 4.79 Å². The first-order valence-electron chi connectivity index (χ1n) is 5.31. The van der Waals surface area contributed by atoms with E-state index >= 15 is 0 Å². The summed E-state index contributed by atoms with van der Waals surface area (Å²) in [5, 5.41) is 2.60. The van der Waals surface area contributed by atoms with Crippen LogP contribution in [0.15, 0.2) is 0 Å². The molecule has 0 aromatic carbocycles. The number of carbonyl (C=O) groups is 2. The molecule has 1 N–H and O–H groups in total. The molecular formula is C10H18N2O4. The molecule has 1 amide bonds. The Morgan fingerprint density at radius 2 is 2.44 bits per heavy atom. The van der Waals surface area contributed by atoms with Gasteiger partial charge >= 0.3 is 12.1 Å². The Bertz CT molecular complexity index is 257. The molecule has 1 unspecified atom stereocenters. The number of carbonyl (C=O) groups excluding carboxylic acids is 2. The fourth-order valence-electron chi connectivity index (χ4n) is 1.57. The zero-order chi connectivity index (χ0) is 12.0. The molecule has 0 saturated carbocycles. The molecule has 0 aliphatic carbocycles. The Balaban J connectivity index is 2.09. The van der Waals surface area contributed by atoms with Gasteiger partial charge in [-0.15, -0.1) is 0 Å². The highest BCUT2D eigenvalue weighted by atomic mass is 16.6. The summed E-state index contributed by atoms with van der Waals surface area (Å²) in [6.45, 7) is 2.02. The predicted molar refractivity (Wildman–Crippen MR) is 57.0 cm³/mol. The summed E-state index contributed by atoms with van der Waals surface area (Å²) < 4.78 is 9.54. The molecule has 1 heterocycles. The number of amides is 1. The minimum Gasteiger partial charge on any atom is -0.469 e. The van der Waals surface area contributed by atoms with Crippen LogP contribution in [0.2, 0.25) is 0 Å². The van der Waals surface area contributed by atoms with E-state index in [0.29, 0.717) is 19.5 Å². The number of hydrogen-bond acceptors (Lipinski definition) is 5. The monoisotopic (exact) mass is 230 g/mol. The summed E-state index contributed by atoms with van der Waals surface area (Å²) in [7, 11) is 3.32. The summed E-state index contributed by atoms with van der Waals surface area (Å²) in [4.78, 5) is 23.7. The third-order valence-electron chi connectivity index (χ3n) is 2.41. The first kappa shape index (κ1) is 12.8. The average Bonchev–Trinajstić information content (AvgIpc) is 2.63. The van der Waals surface area contributed by atoms with Crippen LogP contribution in [-0.2, 0) is 14.3 Å². The van der Waals surface area contributed by atoms with Gasteiger partial charge in [0.1, 0.15) is 6.10 Å². The van der Waals surface area contributed by atoms with Gasteiger partial charge in [0, 0.05) is 13.0 Å². The van der Waals surface area contributed by atoms with E-state index < -0.39 is 0 Å². The normalized spacial score (nSPS) is 19.4. The number of likely N-dealkylation sites (N-methyl/N-ethyl adjacent to an activating group) is 1. The van der Waals surface area contributed by atoms with Crippen molar-refractivity contribution in [3.63, 3.8) is 0 Å². The molecule has 6 heteroatoms. The maximum atomic E-state index is 10.9.